The van der Waals surface area contributed by atoms with Gasteiger partial charge in [0.15, 0.2) is 18.1 Å². The summed E-state index contributed by atoms with van der Waals surface area (Å²) < 4.78 is 10.6. The Balaban J connectivity index is 2.16. The molecule has 0 unspecified atom stereocenters. The molecule has 7 heteroatoms. The molecule has 1 aliphatic heterocycles. The molecule has 0 saturated carbocycles. The smallest absolute Gasteiger partial charge is 0.255 e. The van der Waals surface area contributed by atoms with Gasteiger partial charge in [-0.05, 0) is 32.0 Å². The second kappa shape index (κ2) is 7.12. The molecule has 0 spiro atoms. The average Bonchev–Trinajstić information content (AvgIpc) is 2.51. The molecule has 23 heavy (non-hydrogen) atoms. The number of hydrogen-bond acceptors (Lipinski definition) is 5. The van der Waals surface area contributed by atoms with E-state index in [1.165, 1.54) is 7.11 Å². The topological polar surface area (TPSA) is 81.9 Å². The van der Waals surface area contributed by atoms with E-state index >= 15 is 0 Å². The van der Waals surface area contributed by atoms with Gasteiger partial charge in [0, 0.05) is 29.2 Å². The van der Waals surface area contributed by atoms with E-state index in [0.29, 0.717) is 23.6 Å². The van der Waals surface area contributed by atoms with Crippen LogP contribution in [0, 0.1) is 0 Å². The SMILES string of the molecule is COc1cc(C(=O)N2CCSC(C)(C)C2)ccc1OCC(N)=O. The maximum Gasteiger partial charge on any atom is 0.255 e. The Labute approximate surface area is 140 Å². The van der Waals surface area contributed by atoms with E-state index in [9.17, 15) is 9.59 Å². The summed E-state index contributed by atoms with van der Waals surface area (Å²) in [5.41, 5.74) is 5.60. The van der Waals surface area contributed by atoms with Gasteiger partial charge in [0.25, 0.3) is 11.8 Å². The van der Waals surface area contributed by atoms with Crippen LogP contribution in [-0.2, 0) is 4.79 Å². The number of rotatable bonds is 5. The third kappa shape index (κ3) is 4.54. The van der Waals surface area contributed by atoms with E-state index in [-0.39, 0.29) is 17.3 Å². The lowest BCUT2D eigenvalue weighted by molar-refractivity contribution is -0.119. The third-order valence-corrected chi connectivity index (χ3v) is 4.79. The first-order valence-corrected chi connectivity index (χ1v) is 8.33. The fourth-order valence-electron chi connectivity index (χ4n) is 2.44. The fraction of sp³-hybridized carbons (Fsp3) is 0.500. The molecule has 0 aliphatic carbocycles. The van der Waals surface area contributed by atoms with Crippen molar-refractivity contribution in [2.75, 3.05) is 32.6 Å². The molecule has 0 aromatic heterocycles. The van der Waals surface area contributed by atoms with Gasteiger partial charge >= 0.3 is 0 Å². The number of amides is 2. The Morgan fingerprint density at radius 1 is 1.35 bits per heavy atom. The predicted octanol–water partition coefficient (Wildman–Crippen LogP) is 1.53. The maximum absolute atomic E-state index is 12.7. The summed E-state index contributed by atoms with van der Waals surface area (Å²) in [4.78, 5) is 25.3. The van der Waals surface area contributed by atoms with Crippen LogP contribution in [0.1, 0.15) is 24.2 Å². The highest BCUT2D eigenvalue weighted by molar-refractivity contribution is 8.00. The Morgan fingerprint density at radius 2 is 2.09 bits per heavy atom. The van der Waals surface area contributed by atoms with Gasteiger partial charge in [-0.15, -0.1) is 0 Å². The van der Waals surface area contributed by atoms with Gasteiger partial charge in [0.2, 0.25) is 0 Å². The van der Waals surface area contributed by atoms with E-state index in [1.54, 1.807) is 18.2 Å². The molecular weight excluding hydrogens is 316 g/mol. The van der Waals surface area contributed by atoms with Gasteiger partial charge in [0.1, 0.15) is 0 Å². The number of carbonyl (C=O) groups is 2. The normalized spacial score (nSPS) is 16.7. The lowest BCUT2D eigenvalue weighted by Gasteiger charge is -2.37. The Hall–Kier alpha value is -1.89. The molecule has 2 amide bonds. The first kappa shape index (κ1) is 17.5. The number of methoxy groups -OCH3 is 1. The van der Waals surface area contributed by atoms with Gasteiger partial charge in [-0.25, -0.2) is 0 Å². The fourth-order valence-corrected chi connectivity index (χ4v) is 3.55. The Morgan fingerprint density at radius 3 is 2.70 bits per heavy atom. The number of benzene rings is 1. The van der Waals surface area contributed by atoms with Gasteiger partial charge in [-0.3, -0.25) is 9.59 Å². The number of ether oxygens (including phenoxy) is 2. The second-order valence-corrected chi connectivity index (χ2v) is 7.76. The van der Waals surface area contributed by atoms with Crippen LogP contribution in [0.15, 0.2) is 18.2 Å². The number of hydrogen-bond donors (Lipinski definition) is 1. The standard InChI is InChI=1S/C16H22N2O4S/c1-16(2)10-18(6-7-23-16)15(20)11-4-5-12(13(8-11)21-3)22-9-14(17)19/h4-5,8H,6-7,9-10H2,1-3H3,(H2,17,19). The highest BCUT2D eigenvalue weighted by Crippen LogP contribution is 2.32. The van der Waals surface area contributed by atoms with Gasteiger partial charge in [-0.2, -0.15) is 11.8 Å². The lowest BCUT2D eigenvalue weighted by Crippen LogP contribution is -2.46. The Bertz CT molecular complexity index is 604. The third-order valence-electron chi connectivity index (χ3n) is 3.49. The van der Waals surface area contributed by atoms with E-state index in [1.807, 2.05) is 16.7 Å². The van der Waals surface area contributed by atoms with Gasteiger partial charge in [-0.1, -0.05) is 0 Å². The molecule has 126 valence electrons. The highest BCUT2D eigenvalue weighted by Gasteiger charge is 2.30. The van der Waals surface area contributed by atoms with Crippen molar-refractivity contribution >= 4 is 23.6 Å². The predicted molar refractivity (Wildman–Crippen MR) is 90.1 cm³/mol. The molecule has 2 rings (SSSR count). The lowest BCUT2D eigenvalue weighted by atomic mass is 10.1. The number of primary amides is 1. The van der Waals surface area contributed by atoms with Crippen molar-refractivity contribution in [3.05, 3.63) is 23.8 Å². The molecule has 0 atom stereocenters. The summed E-state index contributed by atoms with van der Waals surface area (Å²) in [6, 6.07) is 4.93. The number of carbonyl (C=O) groups excluding carboxylic acids is 2. The molecule has 1 fully saturated rings. The molecule has 1 saturated heterocycles. The van der Waals surface area contributed by atoms with Crippen molar-refractivity contribution in [2.24, 2.45) is 5.73 Å². The molecular formula is C16H22N2O4S. The van der Waals surface area contributed by atoms with Crippen molar-refractivity contribution in [1.82, 2.24) is 4.90 Å². The van der Waals surface area contributed by atoms with Crippen molar-refractivity contribution < 1.29 is 19.1 Å². The quantitative estimate of drug-likeness (QED) is 0.880. The first-order valence-electron chi connectivity index (χ1n) is 7.35. The monoisotopic (exact) mass is 338 g/mol. The van der Waals surface area contributed by atoms with Gasteiger partial charge in [0.05, 0.1) is 7.11 Å². The number of nitrogens with zero attached hydrogens (tertiary/aromatic N) is 1. The van der Waals surface area contributed by atoms with Crippen LogP contribution in [0.3, 0.4) is 0 Å². The summed E-state index contributed by atoms with van der Waals surface area (Å²) >= 11 is 1.87. The van der Waals surface area contributed by atoms with E-state index in [4.69, 9.17) is 15.2 Å². The first-order chi connectivity index (χ1) is 10.8. The van der Waals surface area contributed by atoms with Gasteiger partial charge < -0.3 is 20.1 Å². The highest BCUT2D eigenvalue weighted by atomic mass is 32.2. The zero-order valence-electron chi connectivity index (χ0n) is 13.6. The van der Waals surface area contributed by atoms with Crippen LogP contribution in [-0.4, -0.2) is 54.0 Å². The number of nitrogens with two attached hydrogens (primary N) is 1. The van der Waals surface area contributed by atoms with Crippen molar-refractivity contribution in [1.29, 1.82) is 0 Å². The molecule has 1 heterocycles. The molecule has 0 radical (unpaired) electrons. The largest absolute Gasteiger partial charge is 0.493 e. The summed E-state index contributed by atoms with van der Waals surface area (Å²) in [7, 11) is 1.49. The van der Waals surface area contributed by atoms with E-state index < -0.39 is 5.91 Å². The Kier molecular flexibility index (Phi) is 5.41. The van der Waals surface area contributed by atoms with E-state index in [2.05, 4.69) is 13.8 Å². The molecule has 1 aromatic carbocycles. The van der Waals surface area contributed by atoms with Crippen LogP contribution >= 0.6 is 11.8 Å². The minimum atomic E-state index is -0.569. The average molecular weight is 338 g/mol. The summed E-state index contributed by atoms with van der Waals surface area (Å²) in [5.74, 6) is 1.12. The van der Waals surface area contributed by atoms with Crippen molar-refractivity contribution in [3.8, 4) is 11.5 Å². The van der Waals surface area contributed by atoms with Crippen LogP contribution in [0.4, 0.5) is 0 Å². The summed E-state index contributed by atoms with van der Waals surface area (Å²) in [5, 5.41) is 0. The molecule has 2 N–H and O–H groups in total. The van der Waals surface area contributed by atoms with Crippen LogP contribution < -0.4 is 15.2 Å². The van der Waals surface area contributed by atoms with Crippen LogP contribution in [0.2, 0.25) is 0 Å². The zero-order valence-corrected chi connectivity index (χ0v) is 14.4. The second-order valence-electron chi connectivity index (χ2n) is 5.96. The van der Waals surface area contributed by atoms with Crippen molar-refractivity contribution in [3.63, 3.8) is 0 Å². The van der Waals surface area contributed by atoms with Crippen LogP contribution in [0.5, 0.6) is 11.5 Å². The molecule has 1 aromatic rings. The minimum absolute atomic E-state index is 0.0295. The summed E-state index contributed by atoms with van der Waals surface area (Å²) in [6.07, 6.45) is 0. The molecule has 6 nitrogen and oxygen atoms in total. The molecule has 0 bridgehead atoms. The maximum atomic E-state index is 12.7. The van der Waals surface area contributed by atoms with E-state index in [0.717, 1.165) is 12.3 Å². The number of thioether (sulfide) groups is 1. The summed E-state index contributed by atoms with van der Waals surface area (Å²) in [6.45, 7) is 5.48. The van der Waals surface area contributed by atoms with Crippen LogP contribution in [0.25, 0.3) is 0 Å². The zero-order chi connectivity index (χ0) is 17.0. The molecule has 1 aliphatic rings. The minimum Gasteiger partial charge on any atom is -0.493 e. The van der Waals surface area contributed by atoms with Crippen molar-refractivity contribution in [2.45, 2.75) is 18.6 Å².